The van der Waals surface area contributed by atoms with Crippen molar-refractivity contribution in [3.8, 4) is 0 Å². The molecule has 0 radical (unpaired) electrons. The van der Waals surface area contributed by atoms with Gasteiger partial charge in [0.25, 0.3) is 0 Å². The van der Waals surface area contributed by atoms with Crippen LogP contribution >= 0.6 is 15.9 Å². The number of ketones is 1. The molecule has 0 saturated heterocycles. The van der Waals surface area contributed by atoms with Crippen molar-refractivity contribution >= 4 is 33.6 Å². The van der Waals surface area contributed by atoms with E-state index in [1.54, 1.807) is 19.2 Å². The second kappa shape index (κ2) is 13.5. The van der Waals surface area contributed by atoms with Crippen LogP contribution in [0.2, 0.25) is 0 Å². The highest BCUT2D eigenvalue weighted by molar-refractivity contribution is 9.10. The van der Waals surface area contributed by atoms with Crippen molar-refractivity contribution < 1.29 is 19.1 Å². The van der Waals surface area contributed by atoms with Gasteiger partial charge in [0.05, 0.1) is 12.5 Å². The number of carbonyl (C=O) groups excluding carboxylic acids is 3. The number of hydrogen-bond donors (Lipinski definition) is 0. The minimum Gasteiger partial charge on any atom is -0.464 e. The van der Waals surface area contributed by atoms with E-state index in [1.165, 1.54) is 4.90 Å². The Labute approximate surface area is 188 Å². The van der Waals surface area contributed by atoms with Crippen LogP contribution in [0.5, 0.6) is 0 Å². The Bertz CT molecular complexity index is 691. The lowest BCUT2D eigenvalue weighted by Crippen LogP contribution is -2.51. The number of hydrogen-bond acceptors (Lipinski definition) is 5. The van der Waals surface area contributed by atoms with E-state index in [0.717, 1.165) is 18.4 Å². The van der Waals surface area contributed by atoms with Crippen LogP contribution in [0.25, 0.3) is 0 Å². The molecule has 1 unspecified atom stereocenters. The van der Waals surface area contributed by atoms with Crippen molar-refractivity contribution in [2.75, 3.05) is 6.61 Å². The second-order valence-electron chi connectivity index (χ2n) is 7.81. The van der Waals surface area contributed by atoms with E-state index in [1.807, 2.05) is 33.8 Å². The van der Waals surface area contributed by atoms with Gasteiger partial charge in [-0.05, 0) is 53.2 Å². The van der Waals surface area contributed by atoms with Crippen molar-refractivity contribution in [2.24, 2.45) is 11.8 Å². The Balaban J connectivity index is 3.32. The minimum atomic E-state index is -0.764. The number of Topliss-reactive ketones (excluding diaryl/α,β-unsaturated/α-hetero) is 1. The van der Waals surface area contributed by atoms with Gasteiger partial charge < -0.3 is 9.64 Å². The van der Waals surface area contributed by atoms with Crippen LogP contribution in [-0.2, 0) is 25.7 Å². The molecular formula is C23H35BrN2O4. The molecule has 0 aliphatic heterocycles. The fourth-order valence-corrected chi connectivity index (χ4v) is 3.67. The molecule has 2 atom stereocenters. The first-order valence-electron chi connectivity index (χ1n) is 10.9. The molecule has 0 saturated carbocycles. The van der Waals surface area contributed by atoms with Gasteiger partial charge in [0, 0.05) is 19.2 Å². The standard InChI is InChI=1S/C23H35BrN2O4/c1-6-9-11-19(27)18(10-7-2)22(28)26(15-17-12-13-20(24)25-14-17)21(16(4)5)23(29)30-8-3/h12-14,16,18,21H,6-11,15H2,1-5H3/t18-,21?/m0/s1. The van der Waals surface area contributed by atoms with Gasteiger partial charge in [-0.1, -0.05) is 46.6 Å². The number of amides is 1. The summed E-state index contributed by atoms with van der Waals surface area (Å²) in [6.07, 6.45) is 4.89. The number of nitrogens with zero attached hydrogens (tertiary/aromatic N) is 2. The SMILES string of the molecule is CCCCC(=O)[C@H](CCC)C(=O)N(Cc1ccc(Br)nc1)C(C(=O)OCC)C(C)C. The fraction of sp³-hybridized carbons (Fsp3) is 0.652. The van der Waals surface area contributed by atoms with E-state index in [9.17, 15) is 14.4 Å². The highest BCUT2D eigenvalue weighted by Gasteiger charge is 2.38. The highest BCUT2D eigenvalue weighted by Crippen LogP contribution is 2.23. The topological polar surface area (TPSA) is 76.6 Å². The van der Waals surface area contributed by atoms with Crippen molar-refractivity contribution in [1.82, 2.24) is 9.88 Å². The van der Waals surface area contributed by atoms with Crippen LogP contribution in [0, 0.1) is 11.8 Å². The van der Waals surface area contributed by atoms with Crippen LogP contribution < -0.4 is 0 Å². The van der Waals surface area contributed by atoms with Crippen molar-refractivity contribution in [2.45, 2.75) is 79.3 Å². The molecule has 1 amide bonds. The van der Waals surface area contributed by atoms with Crippen LogP contribution in [0.4, 0.5) is 0 Å². The molecule has 0 bridgehead atoms. The van der Waals surface area contributed by atoms with Crippen molar-refractivity contribution in [3.05, 3.63) is 28.5 Å². The molecule has 0 spiro atoms. The van der Waals surface area contributed by atoms with E-state index >= 15 is 0 Å². The van der Waals surface area contributed by atoms with Crippen molar-refractivity contribution in [1.29, 1.82) is 0 Å². The van der Waals surface area contributed by atoms with Crippen molar-refractivity contribution in [3.63, 3.8) is 0 Å². The Kier molecular flexibility index (Phi) is 11.8. The summed E-state index contributed by atoms with van der Waals surface area (Å²) in [5, 5.41) is 0. The normalized spacial score (nSPS) is 13.0. The second-order valence-corrected chi connectivity index (χ2v) is 8.62. The van der Waals surface area contributed by atoms with Crippen LogP contribution in [0.15, 0.2) is 22.9 Å². The summed E-state index contributed by atoms with van der Waals surface area (Å²) in [7, 11) is 0. The molecule has 30 heavy (non-hydrogen) atoms. The molecule has 0 aliphatic carbocycles. The highest BCUT2D eigenvalue weighted by atomic mass is 79.9. The predicted molar refractivity (Wildman–Crippen MR) is 121 cm³/mol. The number of rotatable bonds is 13. The van der Waals surface area contributed by atoms with Crippen LogP contribution in [0.1, 0.15) is 72.3 Å². The third kappa shape index (κ3) is 7.82. The zero-order chi connectivity index (χ0) is 22.7. The Morgan fingerprint density at radius 3 is 2.33 bits per heavy atom. The molecule has 1 heterocycles. The van der Waals surface area contributed by atoms with E-state index in [-0.39, 0.29) is 30.8 Å². The van der Waals surface area contributed by atoms with E-state index < -0.39 is 17.9 Å². The minimum absolute atomic E-state index is 0.0472. The number of ether oxygens (including phenoxy) is 1. The zero-order valence-corrected chi connectivity index (χ0v) is 20.4. The first-order valence-corrected chi connectivity index (χ1v) is 11.7. The quantitative estimate of drug-likeness (QED) is 0.226. The molecule has 0 fully saturated rings. The Morgan fingerprint density at radius 2 is 1.83 bits per heavy atom. The number of unbranched alkanes of at least 4 members (excludes halogenated alkanes) is 1. The maximum atomic E-state index is 13.6. The monoisotopic (exact) mass is 482 g/mol. The van der Waals surface area contributed by atoms with Gasteiger partial charge in [-0.2, -0.15) is 0 Å². The molecule has 6 nitrogen and oxygen atoms in total. The lowest BCUT2D eigenvalue weighted by Gasteiger charge is -2.35. The number of aromatic nitrogens is 1. The summed E-state index contributed by atoms with van der Waals surface area (Å²) in [5.41, 5.74) is 0.790. The molecule has 1 rings (SSSR count). The van der Waals surface area contributed by atoms with Gasteiger partial charge >= 0.3 is 5.97 Å². The van der Waals surface area contributed by atoms with E-state index in [4.69, 9.17) is 4.74 Å². The summed E-state index contributed by atoms with van der Waals surface area (Å²) in [6, 6.07) is 2.88. The third-order valence-electron chi connectivity index (χ3n) is 4.96. The summed E-state index contributed by atoms with van der Waals surface area (Å²) in [5.74, 6) is -1.69. The molecule has 168 valence electrons. The first kappa shape index (κ1) is 26.3. The average Bonchev–Trinajstić information content (AvgIpc) is 2.70. The predicted octanol–water partition coefficient (Wildman–Crippen LogP) is 4.94. The van der Waals surface area contributed by atoms with Gasteiger partial charge in [-0.25, -0.2) is 9.78 Å². The van der Waals surface area contributed by atoms with Gasteiger partial charge in [0.15, 0.2) is 0 Å². The molecule has 1 aromatic rings. The molecule has 1 aromatic heterocycles. The maximum absolute atomic E-state index is 13.6. The average molecular weight is 483 g/mol. The van der Waals surface area contributed by atoms with E-state index in [0.29, 0.717) is 23.9 Å². The van der Waals surface area contributed by atoms with Gasteiger partial charge in [-0.3, -0.25) is 9.59 Å². The van der Waals surface area contributed by atoms with Gasteiger partial charge in [0.2, 0.25) is 5.91 Å². The molecule has 7 heteroatoms. The summed E-state index contributed by atoms with van der Waals surface area (Å²) >= 11 is 3.31. The molecular weight excluding hydrogens is 448 g/mol. The number of esters is 1. The Hall–Kier alpha value is -1.76. The van der Waals surface area contributed by atoms with E-state index in [2.05, 4.69) is 20.9 Å². The first-order chi connectivity index (χ1) is 14.3. The largest absolute Gasteiger partial charge is 0.464 e. The zero-order valence-electron chi connectivity index (χ0n) is 18.8. The number of pyridine rings is 1. The molecule has 0 N–H and O–H groups in total. The smallest absolute Gasteiger partial charge is 0.329 e. The van der Waals surface area contributed by atoms with Gasteiger partial charge in [0.1, 0.15) is 16.4 Å². The molecule has 0 aromatic carbocycles. The lowest BCUT2D eigenvalue weighted by atomic mass is 9.91. The maximum Gasteiger partial charge on any atom is 0.329 e. The molecule has 0 aliphatic rings. The van der Waals surface area contributed by atoms with Gasteiger partial charge in [-0.15, -0.1) is 0 Å². The van der Waals surface area contributed by atoms with Crippen LogP contribution in [-0.4, -0.2) is 40.2 Å². The van der Waals surface area contributed by atoms with Crippen LogP contribution in [0.3, 0.4) is 0 Å². The summed E-state index contributed by atoms with van der Waals surface area (Å²) in [6.45, 7) is 9.92. The number of halogens is 1. The third-order valence-corrected chi connectivity index (χ3v) is 5.43. The Morgan fingerprint density at radius 1 is 1.13 bits per heavy atom. The fourth-order valence-electron chi connectivity index (χ4n) is 3.43. The number of carbonyl (C=O) groups is 3. The summed E-state index contributed by atoms with van der Waals surface area (Å²) in [4.78, 5) is 45.0. The lowest BCUT2D eigenvalue weighted by molar-refractivity contribution is -0.160. The summed E-state index contributed by atoms with van der Waals surface area (Å²) < 4.78 is 5.97.